The maximum Gasteiger partial charge on any atom is 0.446 e. The van der Waals surface area contributed by atoms with Crippen LogP contribution in [-0.2, 0) is 0 Å². The summed E-state index contributed by atoms with van der Waals surface area (Å²) >= 11 is -0.155. The normalized spacial score (nSPS) is 15.6. The Labute approximate surface area is 153 Å². The van der Waals surface area contributed by atoms with Crippen molar-refractivity contribution >= 4 is 29.2 Å². The summed E-state index contributed by atoms with van der Waals surface area (Å²) in [6.45, 7) is 1.74. The Bertz CT molecular complexity index is 768. The van der Waals surface area contributed by atoms with E-state index in [1.54, 1.807) is 19.1 Å². The van der Waals surface area contributed by atoms with Crippen molar-refractivity contribution in [3.8, 4) is 0 Å². The summed E-state index contributed by atoms with van der Waals surface area (Å²) < 4.78 is 37.6. The van der Waals surface area contributed by atoms with Crippen LogP contribution in [0.15, 0.2) is 35.2 Å². The Kier molecular flexibility index (Phi) is 5.57. The molecule has 0 amide bonds. The highest BCUT2D eigenvalue weighted by atomic mass is 32.2. The Morgan fingerprint density at radius 3 is 2.69 bits per heavy atom. The number of aromatic nitrogens is 2. The SMILES string of the molecule is C[C@@H](CO)Nc1nc(Nc2cccc(SC(F)(F)F)c2)cc(C2CC2)n1. The first-order chi connectivity index (χ1) is 12.3. The zero-order chi connectivity index (χ0) is 18.7. The summed E-state index contributed by atoms with van der Waals surface area (Å²) in [7, 11) is 0. The van der Waals surface area contributed by atoms with Gasteiger partial charge in [0.1, 0.15) is 5.82 Å². The smallest absolute Gasteiger partial charge is 0.394 e. The molecule has 1 saturated carbocycles. The fraction of sp³-hybridized carbons (Fsp3) is 0.412. The third-order valence-electron chi connectivity index (χ3n) is 3.73. The monoisotopic (exact) mass is 384 g/mol. The van der Waals surface area contributed by atoms with E-state index in [-0.39, 0.29) is 29.3 Å². The number of hydrogen-bond donors (Lipinski definition) is 3. The van der Waals surface area contributed by atoms with E-state index in [1.165, 1.54) is 12.1 Å². The fourth-order valence-corrected chi connectivity index (χ4v) is 2.97. The largest absolute Gasteiger partial charge is 0.446 e. The highest BCUT2D eigenvalue weighted by Gasteiger charge is 2.29. The van der Waals surface area contributed by atoms with Crippen molar-refractivity contribution in [3.05, 3.63) is 36.0 Å². The number of benzene rings is 1. The van der Waals surface area contributed by atoms with E-state index in [0.29, 0.717) is 23.4 Å². The predicted molar refractivity (Wildman–Crippen MR) is 95.8 cm³/mol. The maximum absolute atomic E-state index is 12.5. The Hall–Kier alpha value is -2.00. The summed E-state index contributed by atoms with van der Waals surface area (Å²) in [6.07, 6.45) is 2.12. The van der Waals surface area contributed by atoms with Crippen molar-refractivity contribution in [2.45, 2.75) is 42.1 Å². The number of hydrogen-bond acceptors (Lipinski definition) is 6. The molecule has 1 aliphatic rings. The van der Waals surface area contributed by atoms with Crippen LogP contribution >= 0.6 is 11.8 Å². The van der Waals surface area contributed by atoms with Gasteiger partial charge in [0.15, 0.2) is 0 Å². The summed E-state index contributed by atoms with van der Waals surface area (Å²) in [4.78, 5) is 8.93. The molecule has 1 fully saturated rings. The van der Waals surface area contributed by atoms with Gasteiger partial charge >= 0.3 is 5.51 Å². The van der Waals surface area contributed by atoms with Crippen LogP contribution in [0, 0.1) is 0 Å². The lowest BCUT2D eigenvalue weighted by molar-refractivity contribution is -0.0328. The summed E-state index contributed by atoms with van der Waals surface area (Å²) in [5, 5.41) is 15.3. The number of thioether (sulfide) groups is 1. The first kappa shape index (κ1) is 18.8. The second-order valence-corrected chi connectivity index (χ2v) is 7.34. The molecular formula is C17H19F3N4OS. The summed E-state index contributed by atoms with van der Waals surface area (Å²) in [5.41, 5.74) is -2.93. The third-order valence-corrected chi connectivity index (χ3v) is 4.45. The number of anilines is 3. The molecule has 3 rings (SSSR count). The Morgan fingerprint density at radius 1 is 1.27 bits per heavy atom. The fourth-order valence-electron chi connectivity index (χ4n) is 2.37. The summed E-state index contributed by atoms with van der Waals surface area (Å²) in [5.74, 6) is 1.28. The molecule has 26 heavy (non-hydrogen) atoms. The van der Waals surface area contributed by atoms with Crippen LogP contribution in [0.1, 0.15) is 31.4 Å². The minimum absolute atomic E-state index is 0.0590. The van der Waals surface area contributed by atoms with Crippen molar-refractivity contribution in [1.82, 2.24) is 9.97 Å². The van der Waals surface area contributed by atoms with Crippen LogP contribution in [0.3, 0.4) is 0 Å². The number of alkyl halides is 3. The molecule has 0 bridgehead atoms. The summed E-state index contributed by atoms with van der Waals surface area (Å²) in [6, 6.07) is 7.70. The molecule has 1 heterocycles. The molecular weight excluding hydrogens is 365 g/mol. The van der Waals surface area contributed by atoms with E-state index in [4.69, 9.17) is 0 Å². The molecule has 1 atom stereocenters. The molecule has 3 N–H and O–H groups in total. The highest BCUT2D eigenvalue weighted by Crippen LogP contribution is 2.40. The number of aliphatic hydroxyl groups is 1. The number of halogens is 3. The van der Waals surface area contributed by atoms with Crippen molar-refractivity contribution in [1.29, 1.82) is 0 Å². The van der Waals surface area contributed by atoms with Gasteiger partial charge in [-0.25, -0.2) is 4.98 Å². The molecule has 1 aromatic carbocycles. The predicted octanol–water partition coefficient (Wildman–Crippen LogP) is 4.50. The lowest BCUT2D eigenvalue weighted by Gasteiger charge is -2.14. The van der Waals surface area contributed by atoms with Crippen LogP contribution < -0.4 is 10.6 Å². The van der Waals surface area contributed by atoms with Crippen LogP contribution in [0.2, 0.25) is 0 Å². The maximum atomic E-state index is 12.5. The van der Waals surface area contributed by atoms with E-state index in [2.05, 4.69) is 20.6 Å². The highest BCUT2D eigenvalue weighted by molar-refractivity contribution is 8.00. The van der Waals surface area contributed by atoms with Gasteiger partial charge in [-0.2, -0.15) is 18.2 Å². The van der Waals surface area contributed by atoms with Crippen LogP contribution in [0.4, 0.5) is 30.6 Å². The van der Waals surface area contributed by atoms with Crippen molar-refractivity contribution < 1.29 is 18.3 Å². The lowest BCUT2D eigenvalue weighted by atomic mass is 10.2. The van der Waals surface area contributed by atoms with E-state index < -0.39 is 5.51 Å². The molecule has 5 nitrogen and oxygen atoms in total. The average Bonchev–Trinajstić information content (AvgIpc) is 3.38. The van der Waals surface area contributed by atoms with Gasteiger partial charge in [-0.15, -0.1) is 0 Å². The zero-order valence-electron chi connectivity index (χ0n) is 14.0. The second kappa shape index (κ2) is 7.71. The van der Waals surface area contributed by atoms with Crippen LogP contribution in [0.25, 0.3) is 0 Å². The average molecular weight is 384 g/mol. The van der Waals surface area contributed by atoms with Gasteiger partial charge in [0.25, 0.3) is 0 Å². The van der Waals surface area contributed by atoms with Gasteiger partial charge in [-0.05, 0) is 49.7 Å². The molecule has 1 aliphatic carbocycles. The lowest BCUT2D eigenvalue weighted by Crippen LogP contribution is -2.21. The molecule has 0 unspecified atom stereocenters. The minimum Gasteiger partial charge on any atom is -0.394 e. The van der Waals surface area contributed by atoms with Crippen LogP contribution in [0.5, 0.6) is 0 Å². The van der Waals surface area contributed by atoms with Gasteiger partial charge in [0.2, 0.25) is 5.95 Å². The molecule has 0 aliphatic heterocycles. The van der Waals surface area contributed by atoms with Gasteiger partial charge in [-0.3, -0.25) is 0 Å². The molecule has 140 valence electrons. The molecule has 0 spiro atoms. The van der Waals surface area contributed by atoms with Gasteiger partial charge in [0, 0.05) is 28.6 Å². The minimum atomic E-state index is -4.33. The standard InChI is InChI=1S/C17H19F3N4OS/c1-10(9-25)21-16-23-14(11-5-6-11)8-15(24-16)22-12-3-2-4-13(7-12)26-17(18,19)20/h2-4,7-8,10-11,25H,5-6,9H2,1H3,(H2,21,22,23,24)/t10-/m0/s1. The van der Waals surface area contributed by atoms with E-state index in [0.717, 1.165) is 18.5 Å². The van der Waals surface area contributed by atoms with Crippen molar-refractivity contribution in [2.24, 2.45) is 0 Å². The Morgan fingerprint density at radius 2 is 2.04 bits per heavy atom. The van der Waals surface area contributed by atoms with Crippen LogP contribution in [-0.4, -0.2) is 33.2 Å². The van der Waals surface area contributed by atoms with Crippen molar-refractivity contribution in [3.63, 3.8) is 0 Å². The first-order valence-electron chi connectivity index (χ1n) is 8.21. The Balaban J connectivity index is 1.81. The zero-order valence-corrected chi connectivity index (χ0v) is 14.9. The molecule has 2 aromatic rings. The second-order valence-electron chi connectivity index (χ2n) is 6.20. The molecule has 1 aromatic heterocycles. The van der Waals surface area contributed by atoms with Gasteiger partial charge < -0.3 is 15.7 Å². The first-order valence-corrected chi connectivity index (χ1v) is 9.03. The quantitative estimate of drug-likeness (QED) is 0.611. The molecule has 0 radical (unpaired) electrons. The van der Waals surface area contributed by atoms with Gasteiger partial charge in [-0.1, -0.05) is 6.07 Å². The number of nitrogens with zero attached hydrogens (tertiary/aromatic N) is 2. The molecule has 9 heteroatoms. The number of rotatable bonds is 7. The third kappa shape index (κ3) is 5.50. The van der Waals surface area contributed by atoms with E-state index >= 15 is 0 Å². The van der Waals surface area contributed by atoms with E-state index in [9.17, 15) is 18.3 Å². The topological polar surface area (TPSA) is 70.1 Å². The van der Waals surface area contributed by atoms with Crippen molar-refractivity contribution in [2.75, 3.05) is 17.2 Å². The molecule has 0 saturated heterocycles. The van der Waals surface area contributed by atoms with E-state index in [1.807, 2.05) is 6.07 Å². The number of nitrogens with one attached hydrogen (secondary N) is 2. The van der Waals surface area contributed by atoms with Gasteiger partial charge in [0.05, 0.1) is 12.3 Å². The number of aliphatic hydroxyl groups excluding tert-OH is 1.